The first-order valence-corrected chi connectivity index (χ1v) is 5.77. The summed E-state index contributed by atoms with van der Waals surface area (Å²) in [6.07, 6.45) is 1.71. The molecule has 2 aromatic heterocycles. The molecule has 112 valence electrons. The topological polar surface area (TPSA) is 116 Å². The Morgan fingerprint density at radius 1 is 1.20 bits per heavy atom. The third kappa shape index (κ3) is 5.48. The average molecular weight is 358 g/mol. The van der Waals surface area contributed by atoms with E-state index < -0.39 is 0 Å². The number of hydrogen-bond acceptors (Lipinski definition) is 5. The van der Waals surface area contributed by atoms with E-state index in [-0.39, 0.29) is 43.2 Å². The van der Waals surface area contributed by atoms with E-state index >= 15 is 0 Å². The Kier molecular flexibility index (Phi) is 10.3. The minimum Gasteiger partial charge on any atom is -0.370 e. The van der Waals surface area contributed by atoms with E-state index in [1.165, 1.54) is 11.3 Å². The van der Waals surface area contributed by atoms with Gasteiger partial charge in [-0.05, 0) is 17.7 Å². The third-order valence-corrected chi connectivity index (χ3v) is 2.77. The maximum atomic E-state index is 5.57. The van der Waals surface area contributed by atoms with Gasteiger partial charge in [-0.3, -0.25) is 4.98 Å². The Labute approximate surface area is 139 Å². The van der Waals surface area contributed by atoms with Gasteiger partial charge in [-0.25, -0.2) is 4.98 Å². The highest BCUT2D eigenvalue weighted by Gasteiger charge is 2.05. The van der Waals surface area contributed by atoms with Crippen LogP contribution in [0.5, 0.6) is 0 Å². The molecule has 2 heterocycles. The van der Waals surface area contributed by atoms with E-state index in [0.717, 1.165) is 17.0 Å². The molecule has 6 N–H and O–H groups in total. The summed E-state index contributed by atoms with van der Waals surface area (Å²) >= 11 is 1.36. The molecular formula is C10H15Cl3N6S. The molecule has 0 aliphatic heterocycles. The highest BCUT2D eigenvalue weighted by molar-refractivity contribution is 7.13. The van der Waals surface area contributed by atoms with Gasteiger partial charge in [-0.15, -0.1) is 48.6 Å². The Morgan fingerprint density at radius 3 is 2.50 bits per heavy atom. The van der Waals surface area contributed by atoms with Crippen molar-refractivity contribution < 1.29 is 0 Å². The Hall–Kier alpha value is -1.12. The van der Waals surface area contributed by atoms with E-state index in [4.69, 9.17) is 17.2 Å². The van der Waals surface area contributed by atoms with Crippen molar-refractivity contribution in [3.05, 3.63) is 29.3 Å². The number of guanidine groups is 1. The van der Waals surface area contributed by atoms with Crippen LogP contribution in [-0.2, 0) is 6.54 Å². The number of aliphatic imine (C=N–C) groups is 1. The number of thiazole rings is 1. The molecule has 0 saturated carbocycles. The monoisotopic (exact) mass is 356 g/mol. The van der Waals surface area contributed by atoms with Crippen LogP contribution in [0.2, 0.25) is 0 Å². The molecule has 0 fully saturated rings. The second kappa shape index (κ2) is 9.73. The van der Waals surface area contributed by atoms with Crippen LogP contribution in [0.4, 0.5) is 5.13 Å². The van der Waals surface area contributed by atoms with E-state index in [1.807, 2.05) is 17.5 Å². The minimum atomic E-state index is -0.00503. The number of nitrogens with two attached hydrogens (primary N) is 3. The molecule has 2 rings (SSSR count). The lowest BCUT2D eigenvalue weighted by Gasteiger charge is -1.98. The summed E-state index contributed by atoms with van der Waals surface area (Å²) in [6.45, 7) is 0.473. The minimum absolute atomic E-state index is 0. The summed E-state index contributed by atoms with van der Waals surface area (Å²) < 4.78 is 0. The van der Waals surface area contributed by atoms with E-state index in [9.17, 15) is 0 Å². The predicted octanol–water partition coefficient (Wildman–Crippen LogP) is 1.83. The van der Waals surface area contributed by atoms with Crippen molar-refractivity contribution in [2.45, 2.75) is 6.54 Å². The van der Waals surface area contributed by atoms with E-state index in [1.54, 1.807) is 6.20 Å². The molecule has 0 radical (unpaired) electrons. The highest BCUT2D eigenvalue weighted by atomic mass is 35.5. The Bertz CT molecular complexity index is 555. The summed E-state index contributed by atoms with van der Waals surface area (Å²) in [4.78, 5) is 12.4. The first kappa shape index (κ1) is 21.2. The fourth-order valence-electron chi connectivity index (χ4n) is 1.29. The van der Waals surface area contributed by atoms with Gasteiger partial charge in [0.1, 0.15) is 5.69 Å². The molecule has 10 heteroatoms. The van der Waals surface area contributed by atoms with Crippen molar-refractivity contribution in [1.29, 1.82) is 0 Å². The van der Waals surface area contributed by atoms with Crippen molar-refractivity contribution in [2.24, 2.45) is 22.2 Å². The van der Waals surface area contributed by atoms with Gasteiger partial charge in [0.15, 0.2) is 5.96 Å². The van der Waals surface area contributed by atoms with Crippen LogP contribution >= 0.6 is 48.6 Å². The standard InChI is InChI=1S/C10H12N6S.3ClH/c11-4-6-1-2-14-7(3-6)8-5-17-10(15-8)16-9(12)13;;;/h1-3,5H,4,11H2,(H4,12,13,15,16);3*1H. The second-order valence-corrected chi connectivity index (χ2v) is 4.14. The van der Waals surface area contributed by atoms with Gasteiger partial charge in [-0.2, -0.15) is 4.99 Å². The predicted molar refractivity (Wildman–Crippen MR) is 90.5 cm³/mol. The smallest absolute Gasteiger partial charge is 0.212 e. The van der Waals surface area contributed by atoms with Gasteiger partial charge in [0.25, 0.3) is 0 Å². The van der Waals surface area contributed by atoms with Crippen LogP contribution in [0.15, 0.2) is 28.7 Å². The molecule has 20 heavy (non-hydrogen) atoms. The molecule has 0 aliphatic rings. The molecule has 0 bridgehead atoms. The summed E-state index contributed by atoms with van der Waals surface area (Å²) in [7, 11) is 0. The molecule has 0 aliphatic carbocycles. The summed E-state index contributed by atoms with van der Waals surface area (Å²) in [5, 5.41) is 2.37. The molecule has 0 atom stereocenters. The van der Waals surface area contributed by atoms with E-state index in [2.05, 4.69) is 15.0 Å². The summed E-state index contributed by atoms with van der Waals surface area (Å²) in [5.41, 5.74) is 18.6. The summed E-state index contributed by atoms with van der Waals surface area (Å²) in [6, 6.07) is 3.77. The SMILES string of the molecule is Cl.Cl.Cl.NCc1ccnc(-c2csc(N=C(N)N)n2)c1. The number of aromatic nitrogens is 2. The zero-order valence-corrected chi connectivity index (χ0v) is 13.5. The first-order valence-electron chi connectivity index (χ1n) is 4.89. The zero-order chi connectivity index (χ0) is 12.3. The number of hydrogen-bond donors (Lipinski definition) is 3. The lowest BCUT2D eigenvalue weighted by atomic mass is 10.2. The zero-order valence-electron chi connectivity index (χ0n) is 10.2. The molecule has 0 amide bonds. The number of halogens is 3. The average Bonchev–Trinajstić information content (AvgIpc) is 2.77. The maximum absolute atomic E-state index is 5.57. The van der Waals surface area contributed by atoms with Crippen molar-refractivity contribution >= 4 is 59.6 Å². The number of nitrogens with zero attached hydrogens (tertiary/aromatic N) is 3. The van der Waals surface area contributed by atoms with Crippen LogP contribution in [-0.4, -0.2) is 15.9 Å². The van der Waals surface area contributed by atoms with Crippen LogP contribution in [0.25, 0.3) is 11.4 Å². The van der Waals surface area contributed by atoms with Crippen molar-refractivity contribution in [1.82, 2.24) is 9.97 Å². The van der Waals surface area contributed by atoms with Gasteiger partial charge in [0.2, 0.25) is 5.13 Å². The number of rotatable bonds is 3. The fraction of sp³-hybridized carbons (Fsp3) is 0.100. The van der Waals surface area contributed by atoms with Crippen LogP contribution in [0.3, 0.4) is 0 Å². The van der Waals surface area contributed by atoms with Gasteiger partial charge in [0, 0.05) is 18.1 Å². The lowest BCUT2D eigenvalue weighted by molar-refractivity contribution is 1.06. The van der Waals surface area contributed by atoms with Crippen molar-refractivity contribution in [3.63, 3.8) is 0 Å². The van der Waals surface area contributed by atoms with Crippen LogP contribution < -0.4 is 17.2 Å². The maximum Gasteiger partial charge on any atom is 0.212 e. The lowest BCUT2D eigenvalue weighted by Crippen LogP contribution is -2.21. The summed E-state index contributed by atoms with van der Waals surface area (Å²) in [5.74, 6) is -0.00503. The first-order chi connectivity index (χ1) is 8.19. The molecule has 2 aromatic rings. The third-order valence-electron chi connectivity index (χ3n) is 2.04. The van der Waals surface area contributed by atoms with Gasteiger partial charge in [0.05, 0.1) is 5.69 Å². The molecule has 6 nitrogen and oxygen atoms in total. The molecular weight excluding hydrogens is 343 g/mol. The van der Waals surface area contributed by atoms with Gasteiger partial charge < -0.3 is 17.2 Å². The van der Waals surface area contributed by atoms with Crippen molar-refractivity contribution in [3.8, 4) is 11.4 Å². The highest BCUT2D eigenvalue weighted by Crippen LogP contribution is 2.25. The van der Waals surface area contributed by atoms with Crippen LogP contribution in [0, 0.1) is 0 Å². The molecule has 0 unspecified atom stereocenters. The second-order valence-electron chi connectivity index (χ2n) is 3.31. The quantitative estimate of drug-likeness (QED) is 0.572. The van der Waals surface area contributed by atoms with Crippen molar-refractivity contribution in [2.75, 3.05) is 0 Å². The normalized spacial score (nSPS) is 8.65. The number of pyridine rings is 1. The Morgan fingerprint density at radius 2 is 1.90 bits per heavy atom. The molecule has 0 aromatic carbocycles. The van der Waals surface area contributed by atoms with Crippen LogP contribution in [0.1, 0.15) is 5.56 Å². The fourth-order valence-corrected chi connectivity index (χ4v) is 1.98. The molecule has 0 saturated heterocycles. The van der Waals surface area contributed by atoms with Gasteiger partial charge >= 0.3 is 0 Å². The Balaban J connectivity index is 0. The van der Waals surface area contributed by atoms with E-state index in [0.29, 0.717) is 11.7 Å². The van der Waals surface area contributed by atoms with Gasteiger partial charge in [-0.1, -0.05) is 0 Å². The molecule has 0 spiro atoms. The largest absolute Gasteiger partial charge is 0.370 e.